The van der Waals surface area contributed by atoms with Crippen LogP contribution in [-0.2, 0) is 0 Å². The van der Waals surface area contributed by atoms with E-state index < -0.39 is 11.2 Å². The van der Waals surface area contributed by atoms with Crippen molar-refractivity contribution >= 4 is 5.78 Å². The van der Waals surface area contributed by atoms with Crippen molar-refractivity contribution in [2.45, 2.75) is 19.3 Å². The predicted octanol–water partition coefficient (Wildman–Crippen LogP) is 2.15. The van der Waals surface area contributed by atoms with Crippen molar-refractivity contribution in [2.75, 3.05) is 13.7 Å². The standard InChI is InChI=1S/C13H16FNO2/c1-17-11-4-3-9(14)7-10(11)12(16)13(8-15)5-2-6-13/h3-4,7H,2,5-6,8,15H2,1H3. The minimum atomic E-state index is -0.499. The van der Waals surface area contributed by atoms with Crippen LogP contribution in [0.15, 0.2) is 18.2 Å². The number of methoxy groups -OCH3 is 1. The van der Waals surface area contributed by atoms with Crippen LogP contribution in [0.3, 0.4) is 0 Å². The van der Waals surface area contributed by atoms with Crippen LogP contribution in [0.2, 0.25) is 0 Å². The number of rotatable bonds is 4. The molecule has 0 spiro atoms. The minimum Gasteiger partial charge on any atom is -0.496 e. The van der Waals surface area contributed by atoms with Crippen molar-refractivity contribution in [1.29, 1.82) is 0 Å². The van der Waals surface area contributed by atoms with Crippen molar-refractivity contribution in [1.82, 2.24) is 0 Å². The van der Waals surface area contributed by atoms with E-state index in [0.29, 0.717) is 17.9 Å². The molecule has 0 aromatic heterocycles. The van der Waals surface area contributed by atoms with Gasteiger partial charge in [0.2, 0.25) is 0 Å². The monoisotopic (exact) mass is 237 g/mol. The molecule has 0 heterocycles. The number of Topliss-reactive ketones (excluding diaryl/α,β-unsaturated/α-hetero) is 1. The number of halogens is 1. The van der Waals surface area contributed by atoms with Gasteiger partial charge in [-0.3, -0.25) is 4.79 Å². The first-order chi connectivity index (χ1) is 8.13. The molecule has 2 N–H and O–H groups in total. The topological polar surface area (TPSA) is 52.3 Å². The molecule has 0 radical (unpaired) electrons. The average Bonchev–Trinajstić information content (AvgIpc) is 2.28. The van der Waals surface area contributed by atoms with Crippen LogP contribution < -0.4 is 10.5 Å². The molecule has 1 aliphatic rings. The van der Waals surface area contributed by atoms with Crippen molar-refractivity contribution < 1.29 is 13.9 Å². The number of ether oxygens (including phenoxy) is 1. The van der Waals surface area contributed by atoms with Crippen LogP contribution in [0.25, 0.3) is 0 Å². The molecule has 0 atom stereocenters. The van der Waals surface area contributed by atoms with Gasteiger partial charge in [0.1, 0.15) is 11.6 Å². The number of hydrogen-bond donors (Lipinski definition) is 1. The maximum absolute atomic E-state index is 13.2. The van der Waals surface area contributed by atoms with Crippen molar-refractivity contribution in [3.05, 3.63) is 29.6 Å². The Labute approximate surface area is 99.8 Å². The fraction of sp³-hybridized carbons (Fsp3) is 0.462. The molecule has 1 aromatic carbocycles. The third-order valence-corrected chi connectivity index (χ3v) is 3.59. The summed E-state index contributed by atoms with van der Waals surface area (Å²) in [5, 5.41) is 0. The van der Waals surface area contributed by atoms with E-state index in [1.54, 1.807) is 0 Å². The number of benzene rings is 1. The highest BCUT2D eigenvalue weighted by Crippen LogP contribution is 2.44. The van der Waals surface area contributed by atoms with E-state index in [4.69, 9.17) is 10.5 Å². The van der Waals surface area contributed by atoms with Gasteiger partial charge in [0.15, 0.2) is 5.78 Å². The van der Waals surface area contributed by atoms with Crippen LogP contribution >= 0.6 is 0 Å². The molecular formula is C13H16FNO2. The van der Waals surface area contributed by atoms with Crippen molar-refractivity contribution in [3.63, 3.8) is 0 Å². The molecule has 2 rings (SSSR count). The SMILES string of the molecule is COc1ccc(F)cc1C(=O)C1(CN)CCC1. The highest BCUT2D eigenvalue weighted by molar-refractivity contribution is 6.03. The third kappa shape index (κ3) is 1.93. The summed E-state index contributed by atoms with van der Waals surface area (Å²) in [6, 6.07) is 3.99. The molecule has 0 saturated heterocycles. The van der Waals surface area contributed by atoms with E-state index in [0.717, 1.165) is 19.3 Å². The second-order valence-corrected chi connectivity index (χ2v) is 4.51. The van der Waals surface area contributed by atoms with E-state index in [1.807, 2.05) is 0 Å². The lowest BCUT2D eigenvalue weighted by atomic mass is 9.64. The second kappa shape index (κ2) is 4.45. The van der Waals surface area contributed by atoms with Gasteiger partial charge in [0.05, 0.1) is 12.7 Å². The van der Waals surface area contributed by atoms with E-state index in [9.17, 15) is 9.18 Å². The zero-order valence-electron chi connectivity index (χ0n) is 9.83. The Morgan fingerprint density at radius 1 is 1.53 bits per heavy atom. The maximum Gasteiger partial charge on any atom is 0.174 e. The zero-order valence-corrected chi connectivity index (χ0v) is 9.83. The Morgan fingerprint density at radius 2 is 2.24 bits per heavy atom. The Bertz CT molecular complexity index is 436. The quantitative estimate of drug-likeness (QED) is 0.816. The molecule has 3 nitrogen and oxygen atoms in total. The largest absolute Gasteiger partial charge is 0.496 e. The van der Waals surface area contributed by atoms with Gasteiger partial charge >= 0.3 is 0 Å². The molecule has 0 amide bonds. The number of nitrogens with two attached hydrogens (primary N) is 1. The van der Waals surface area contributed by atoms with Crippen molar-refractivity contribution in [2.24, 2.45) is 11.1 Å². The fourth-order valence-corrected chi connectivity index (χ4v) is 2.27. The summed E-state index contributed by atoms with van der Waals surface area (Å²) < 4.78 is 18.3. The van der Waals surface area contributed by atoms with Crippen LogP contribution in [-0.4, -0.2) is 19.4 Å². The first-order valence-electron chi connectivity index (χ1n) is 5.71. The summed E-state index contributed by atoms with van der Waals surface area (Å²) in [5.41, 5.74) is 5.49. The Hall–Kier alpha value is -1.42. The molecule has 1 aliphatic carbocycles. The molecule has 17 heavy (non-hydrogen) atoms. The zero-order chi connectivity index (χ0) is 12.5. The van der Waals surface area contributed by atoms with Crippen LogP contribution in [0, 0.1) is 11.2 Å². The summed E-state index contributed by atoms with van der Waals surface area (Å²) in [6.45, 7) is 0.311. The van der Waals surface area contributed by atoms with Gasteiger partial charge in [-0.1, -0.05) is 6.42 Å². The molecule has 0 bridgehead atoms. The number of ketones is 1. The first kappa shape index (κ1) is 12.0. The molecule has 1 aromatic rings. The first-order valence-corrected chi connectivity index (χ1v) is 5.71. The van der Waals surface area contributed by atoms with E-state index in [-0.39, 0.29) is 5.78 Å². The van der Waals surface area contributed by atoms with Gasteiger partial charge in [0.25, 0.3) is 0 Å². The lowest BCUT2D eigenvalue weighted by Crippen LogP contribution is -2.44. The highest BCUT2D eigenvalue weighted by atomic mass is 19.1. The summed E-state index contributed by atoms with van der Waals surface area (Å²) >= 11 is 0. The van der Waals surface area contributed by atoms with E-state index >= 15 is 0 Å². The predicted molar refractivity (Wildman–Crippen MR) is 62.6 cm³/mol. The summed E-state index contributed by atoms with van der Waals surface area (Å²) in [5.74, 6) is -0.112. The van der Waals surface area contributed by atoms with Crippen LogP contribution in [0.1, 0.15) is 29.6 Å². The highest BCUT2D eigenvalue weighted by Gasteiger charge is 2.43. The smallest absolute Gasteiger partial charge is 0.174 e. The van der Waals surface area contributed by atoms with Crippen LogP contribution in [0.4, 0.5) is 4.39 Å². The number of carbonyl (C=O) groups excluding carboxylic acids is 1. The summed E-state index contributed by atoms with van der Waals surface area (Å²) in [6.07, 6.45) is 2.56. The molecule has 0 unspecified atom stereocenters. The Kier molecular flexibility index (Phi) is 3.15. The van der Waals surface area contributed by atoms with Gasteiger partial charge in [-0.25, -0.2) is 4.39 Å². The number of carbonyl (C=O) groups is 1. The summed E-state index contributed by atoms with van der Waals surface area (Å²) in [4.78, 5) is 12.4. The minimum absolute atomic E-state index is 0.0948. The Morgan fingerprint density at radius 3 is 2.71 bits per heavy atom. The lowest BCUT2D eigenvalue weighted by Gasteiger charge is -2.39. The van der Waals surface area contributed by atoms with Gasteiger partial charge < -0.3 is 10.5 Å². The van der Waals surface area contributed by atoms with Gasteiger partial charge in [-0.2, -0.15) is 0 Å². The number of hydrogen-bond acceptors (Lipinski definition) is 3. The van der Waals surface area contributed by atoms with E-state index in [1.165, 1.54) is 25.3 Å². The molecular weight excluding hydrogens is 221 g/mol. The third-order valence-electron chi connectivity index (χ3n) is 3.59. The molecule has 0 aliphatic heterocycles. The Balaban J connectivity index is 2.39. The average molecular weight is 237 g/mol. The molecule has 1 fully saturated rings. The summed E-state index contributed by atoms with van der Waals surface area (Å²) in [7, 11) is 1.47. The molecule has 1 saturated carbocycles. The van der Waals surface area contributed by atoms with E-state index in [2.05, 4.69) is 0 Å². The molecule has 92 valence electrons. The van der Waals surface area contributed by atoms with Crippen molar-refractivity contribution in [3.8, 4) is 5.75 Å². The lowest BCUT2D eigenvalue weighted by molar-refractivity contribution is 0.0632. The van der Waals surface area contributed by atoms with Gasteiger partial charge in [0, 0.05) is 12.0 Å². The van der Waals surface area contributed by atoms with Gasteiger partial charge in [-0.15, -0.1) is 0 Å². The maximum atomic E-state index is 13.2. The van der Waals surface area contributed by atoms with Gasteiger partial charge in [-0.05, 0) is 31.0 Å². The van der Waals surface area contributed by atoms with Crippen LogP contribution in [0.5, 0.6) is 5.75 Å². The second-order valence-electron chi connectivity index (χ2n) is 4.51. The fourth-order valence-electron chi connectivity index (χ4n) is 2.27. The molecule has 4 heteroatoms. The normalized spacial score (nSPS) is 17.4.